The number of ketones is 1. The molecule has 1 N–H and O–H groups in total. The van der Waals surface area contributed by atoms with Crippen LogP contribution in [0.25, 0.3) is 0 Å². The minimum absolute atomic E-state index is 0.00656. The average molecular weight is 357 g/mol. The maximum absolute atomic E-state index is 12.7. The van der Waals surface area contributed by atoms with Gasteiger partial charge in [0.05, 0.1) is 0 Å². The van der Waals surface area contributed by atoms with E-state index in [1.165, 1.54) is 11.3 Å². The lowest BCUT2D eigenvalue weighted by molar-refractivity contribution is 0.0986. The number of piperazine rings is 1. The number of hydrogen-bond acceptors (Lipinski definition) is 3. The van der Waals surface area contributed by atoms with E-state index in [2.05, 4.69) is 23.2 Å². The van der Waals surface area contributed by atoms with Crippen molar-refractivity contribution in [3.63, 3.8) is 0 Å². The first-order valence-corrected chi connectivity index (χ1v) is 9.43. The second kappa shape index (κ2) is 8.50. The Morgan fingerprint density at radius 3 is 2.56 bits per heavy atom. The fourth-order valence-electron chi connectivity index (χ4n) is 3.33. The third-order valence-electron chi connectivity index (χ3n) is 4.74. The molecule has 1 aliphatic heterocycles. The third-order valence-corrected chi connectivity index (χ3v) is 5.10. The van der Waals surface area contributed by atoms with Crippen LogP contribution < -0.4 is 10.2 Å². The van der Waals surface area contributed by atoms with E-state index in [4.69, 9.17) is 11.6 Å². The maximum Gasteiger partial charge on any atom is 0.181 e. The Kier molecular flexibility index (Phi) is 6.11. The lowest BCUT2D eigenvalue weighted by atomic mass is 9.98. The molecule has 0 radical (unpaired) electrons. The first kappa shape index (κ1) is 18.0. The SMILES string of the molecule is CCc1cc(C(=O)C(Cl)Cc2ccccc2)ccc1N1CCNCC1. The molecule has 0 aliphatic carbocycles. The van der Waals surface area contributed by atoms with Gasteiger partial charge in [-0.1, -0.05) is 37.3 Å². The Balaban J connectivity index is 1.76. The van der Waals surface area contributed by atoms with Crippen molar-refractivity contribution in [2.24, 2.45) is 0 Å². The summed E-state index contributed by atoms with van der Waals surface area (Å²) in [5, 5.41) is 2.85. The molecule has 0 bridgehead atoms. The zero-order valence-corrected chi connectivity index (χ0v) is 15.4. The monoisotopic (exact) mass is 356 g/mol. The van der Waals surface area contributed by atoms with Crippen LogP contribution in [-0.2, 0) is 12.8 Å². The van der Waals surface area contributed by atoms with Gasteiger partial charge in [0.25, 0.3) is 0 Å². The van der Waals surface area contributed by atoms with Gasteiger partial charge in [-0.25, -0.2) is 0 Å². The third kappa shape index (κ3) is 4.42. The molecule has 0 saturated carbocycles. The molecule has 132 valence electrons. The molecule has 2 aromatic rings. The largest absolute Gasteiger partial charge is 0.369 e. The number of carbonyl (C=O) groups is 1. The van der Waals surface area contributed by atoms with Gasteiger partial charge >= 0.3 is 0 Å². The molecule has 1 heterocycles. The summed E-state index contributed by atoms with van der Waals surface area (Å²) in [6.07, 6.45) is 1.47. The second-order valence-corrected chi connectivity index (χ2v) is 6.98. The van der Waals surface area contributed by atoms with E-state index < -0.39 is 5.38 Å². The number of nitrogens with one attached hydrogen (secondary N) is 1. The minimum Gasteiger partial charge on any atom is -0.369 e. The predicted molar refractivity (Wildman–Crippen MR) is 105 cm³/mol. The standard InChI is InChI=1S/C21H25ClN2O/c1-2-17-15-18(8-9-20(17)24-12-10-23-11-13-24)21(25)19(22)14-16-6-4-3-5-7-16/h3-9,15,19,23H,2,10-14H2,1H3. The van der Waals surface area contributed by atoms with Gasteiger partial charge in [-0.05, 0) is 42.2 Å². The molecule has 1 saturated heterocycles. The van der Waals surface area contributed by atoms with E-state index in [9.17, 15) is 4.79 Å². The van der Waals surface area contributed by atoms with Crippen molar-refractivity contribution in [2.75, 3.05) is 31.1 Å². The summed E-state index contributed by atoms with van der Waals surface area (Å²) in [6.45, 7) is 6.16. The molecule has 2 aromatic carbocycles. The van der Waals surface area contributed by atoms with Crippen LogP contribution in [0.4, 0.5) is 5.69 Å². The van der Waals surface area contributed by atoms with Gasteiger partial charge in [-0.15, -0.1) is 11.6 Å². The Bertz CT molecular complexity index is 711. The van der Waals surface area contributed by atoms with Gasteiger partial charge in [-0.3, -0.25) is 4.79 Å². The average Bonchev–Trinajstić information content (AvgIpc) is 2.68. The van der Waals surface area contributed by atoms with Gasteiger partial charge in [0, 0.05) is 37.4 Å². The van der Waals surface area contributed by atoms with E-state index >= 15 is 0 Å². The molecule has 1 atom stereocenters. The van der Waals surface area contributed by atoms with Crippen LogP contribution in [0.3, 0.4) is 0 Å². The molecule has 1 unspecified atom stereocenters. The summed E-state index contributed by atoms with van der Waals surface area (Å²) in [7, 11) is 0. The van der Waals surface area contributed by atoms with E-state index in [1.54, 1.807) is 0 Å². The highest BCUT2D eigenvalue weighted by Crippen LogP contribution is 2.25. The summed E-state index contributed by atoms with van der Waals surface area (Å²) < 4.78 is 0. The van der Waals surface area contributed by atoms with Gasteiger partial charge in [0.1, 0.15) is 5.38 Å². The summed E-state index contributed by atoms with van der Waals surface area (Å²) >= 11 is 6.42. The van der Waals surface area contributed by atoms with Gasteiger partial charge < -0.3 is 10.2 Å². The van der Waals surface area contributed by atoms with Crippen molar-refractivity contribution in [3.05, 3.63) is 65.2 Å². The fraction of sp³-hybridized carbons (Fsp3) is 0.381. The number of alkyl halides is 1. The number of anilines is 1. The number of Topliss-reactive ketones (excluding diaryl/α,β-unsaturated/α-hetero) is 1. The number of hydrogen-bond donors (Lipinski definition) is 1. The topological polar surface area (TPSA) is 32.3 Å². The van der Waals surface area contributed by atoms with Gasteiger partial charge in [0.2, 0.25) is 0 Å². The van der Waals surface area contributed by atoms with Gasteiger partial charge in [-0.2, -0.15) is 0 Å². The Morgan fingerprint density at radius 2 is 1.88 bits per heavy atom. The second-order valence-electron chi connectivity index (χ2n) is 6.46. The lowest BCUT2D eigenvalue weighted by Crippen LogP contribution is -2.43. The van der Waals surface area contributed by atoms with Crippen molar-refractivity contribution >= 4 is 23.1 Å². The van der Waals surface area contributed by atoms with Gasteiger partial charge in [0.15, 0.2) is 5.78 Å². The normalized spacial score (nSPS) is 15.8. The van der Waals surface area contributed by atoms with Crippen molar-refractivity contribution in [2.45, 2.75) is 25.1 Å². The predicted octanol–water partition coefficient (Wildman–Crippen LogP) is 3.69. The van der Waals surface area contributed by atoms with Crippen LogP contribution in [-0.4, -0.2) is 37.3 Å². The number of rotatable bonds is 6. The maximum atomic E-state index is 12.7. The smallest absolute Gasteiger partial charge is 0.181 e. The zero-order chi connectivity index (χ0) is 17.6. The van der Waals surface area contributed by atoms with Crippen molar-refractivity contribution < 1.29 is 4.79 Å². The summed E-state index contributed by atoms with van der Waals surface area (Å²) in [5.41, 5.74) is 4.27. The van der Waals surface area contributed by atoms with E-state index in [1.807, 2.05) is 42.5 Å². The molecule has 4 heteroatoms. The molecule has 3 nitrogen and oxygen atoms in total. The summed E-state index contributed by atoms with van der Waals surface area (Å²) in [5.74, 6) is 0.00656. The summed E-state index contributed by atoms with van der Waals surface area (Å²) in [4.78, 5) is 15.1. The van der Waals surface area contributed by atoms with Crippen molar-refractivity contribution in [1.82, 2.24) is 5.32 Å². The first-order valence-electron chi connectivity index (χ1n) is 9.00. The summed E-state index contributed by atoms with van der Waals surface area (Å²) in [6, 6.07) is 16.0. The zero-order valence-electron chi connectivity index (χ0n) is 14.7. The van der Waals surface area contributed by atoms with E-state index in [0.717, 1.165) is 38.2 Å². The molecule has 0 spiro atoms. The molecular weight excluding hydrogens is 332 g/mol. The molecule has 0 aromatic heterocycles. The minimum atomic E-state index is -0.530. The fourth-order valence-corrected chi connectivity index (χ4v) is 3.63. The first-order chi connectivity index (χ1) is 12.2. The molecule has 1 aliphatic rings. The van der Waals surface area contributed by atoms with Crippen LogP contribution in [0, 0.1) is 0 Å². The van der Waals surface area contributed by atoms with E-state index in [-0.39, 0.29) is 5.78 Å². The van der Waals surface area contributed by atoms with Crippen LogP contribution in [0.5, 0.6) is 0 Å². The van der Waals surface area contributed by atoms with Crippen molar-refractivity contribution in [1.29, 1.82) is 0 Å². The van der Waals surface area contributed by atoms with Crippen LogP contribution in [0.1, 0.15) is 28.4 Å². The Labute approximate surface area is 155 Å². The molecule has 1 fully saturated rings. The van der Waals surface area contributed by atoms with E-state index in [0.29, 0.717) is 12.0 Å². The van der Waals surface area contributed by atoms with Crippen LogP contribution >= 0.6 is 11.6 Å². The molecule has 0 amide bonds. The number of carbonyl (C=O) groups excluding carboxylic acids is 1. The quantitative estimate of drug-likeness (QED) is 0.632. The highest BCUT2D eigenvalue weighted by atomic mass is 35.5. The Morgan fingerprint density at radius 1 is 1.16 bits per heavy atom. The van der Waals surface area contributed by atoms with Crippen LogP contribution in [0.15, 0.2) is 48.5 Å². The Hall–Kier alpha value is -1.84. The number of halogens is 1. The highest BCUT2D eigenvalue weighted by molar-refractivity contribution is 6.34. The number of benzene rings is 2. The number of aryl methyl sites for hydroxylation is 1. The van der Waals surface area contributed by atoms with Crippen LogP contribution in [0.2, 0.25) is 0 Å². The molecule has 3 rings (SSSR count). The number of nitrogens with zero attached hydrogens (tertiary/aromatic N) is 1. The van der Waals surface area contributed by atoms with Crippen molar-refractivity contribution in [3.8, 4) is 0 Å². The lowest BCUT2D eigenvalue weighted by Gasteiger charge is -2.31. The highest BCUT2D eigenvalue weighted by Gasteiger charge is 2.20. The molecule has 25 heavy (non-hydrogen) atoms. The molecular formula is C21H25ClN2O.